The van der Waals surface area contributed by atoms with Gasteiger partial charge in [0.05, 0.1) is 18.4 Å². The van der Waals surface area contributed by atoms with Gasteiger partial charge in [0.1, 0.15) is 11.6 Å². The number of esters is 1. The van der Waals surface area contributed by atoms with Gasteiger partial charge < -0.3 is 10.5 Å². The number of hydrogen-bond donors (Lipinski definition) is 1. The number of nitrogens with two attached hydrogens (primary N) is 1. The number of benzene rings is 2. The summed E-state index contributed by atoms with van der Waals surface area (Å²) in [7, 11) is 1.28. The molecular formula is C15H13F2NO2. The fourth-order valence-corrected chi connectivity index (χ4v) is 1.98. The van der Waals surface area contributed by atoms with Crippen molar-refractivity contribution >= 4 is 11.7 Å². The van der Waals surface area contributed by atoms with Gasteiger partial charge in [-0.1, -0.05) is 6.07 Å². The van der Waals surface area contributed by atoms with E-state index in [0.717, 1.165) is 6.07 Å². The van der Waals surface area contributed by atoms with E-state index in [0.29, 0.717) is 16.7 Å². The minimum Gasteiger partial charge on any atom is -0.465 e. The van der Waals surface area contributed by atoms with Crippen LogP contribution in [0.3, 0.4) is 0 Å². The van der Waals surface area contributed by atoms with E-state index in [9.17, 15) is 13.6 Å². The molecule has 0 amide bonds. The van der Waals surface area contributed by atoms with E-state index in [1.807, 2.05) is 0 Å². The van der Waals surface area contributed by atoms with Crippen LogP contribution in [0.2, 0.25) is 0 Å². The number of methoxy groups -OCH3 is 1. The number of ether oxygens (including phenoxy) is 1. The summed E-state index contributed by atoms with van der Waals surface area (Å²) in [5, 5.41) is 0. The van der Waals surface area contributed by atoms with Gasteiger partial charge in [-0.25, -0.2) is 13.6 Å². The van der Waals surface area contributed by atoms with Crippen LogP contribution < -0.4 is 5.73 Å². The van der Waals surface area contributed by atoms with E-state index in [2.05, 4.69) is 4.74 Å². The van der Waals surface area contributed by atoms with E-state index < -0.39 is 17.6 Å². The summed E-state index contributed by atoms with van der Waals surface area (Å²) < 4.78 is 31.6. The Morgan fingerprint density at radius 2 is 1.80 bits per heavy atom. The lowest BCUT2D eigenvalue weighted by Crippen LogP contribution is -2.02. The molecular weight excluding hydrogens is 264 g/mol. The molecule has 0 heterocycles. The third kappa shape index (κ3) is 2.47. The van der Waals surface area contributed by atoms with Crippen LogP contribution in [-0.2, 0) is 4.74 Å². The maximum atomic E-state index is 13.8. The molecule has 104 valence electrons. The zero-order chi connectivity index (χ0) is 14.9. The molecule has 0 aliphatic heterocycles. The normalized spacial score (nSPS) is 10.4. The number of nitrogen functional groups attached to an aromatic ring is 1. The molecule has 0 saturated carbocycles. The van der Waals surface area contributed by atoms with Gasteiger partial charge in [0.15, 0.2) is 0 Å². The minimum absolute atomic E-state index is 0.127. The molecule has 0 fully saturated rings. The molecule has 2 aromatic carbocycles. The zero-order valence-corrected chi connectivity index (χ0v) is 11.0. The standard InChI is InChI=1S/C15H13F2NO2/c1-8-5-9(15(19)20-2)3-4-10(8)11-6-14(18)13(17)7-12(11)16/h3-7H,18H2,1-2H3. The van der Waals surface area contributed by atoms with Crippen molar-refractivity contribution in [3.8, 4) is 11.1 Å². The quantitative estimate of drug-likeness (QED) is 0.676. The molecule has 0 bridgehead atoms. The Morgan fingerprint density at radius 1 is 1.10 bits per heavy atom. The third-order valence-corrected chi connectivity index (χ3v) is 3.02. The van der Waals surface area contributed by atoms with E-state index in [-0.39, 0.29) is 11.3 Å². The maximum Gasteiger partial charge on any atom is 0.337 e. The largest absolute Gasteiger partial charge is 0.465 e. The topological polar surface area (TPSA) is 52.3 Å². The Kier molecular flexibility index (Phi) is 3.70. The molecule has 5 heteroatoms. The molecule has 0 unspecified atom stereocenters. The van der Waals surface area contributed by atoms with Crippen LogP contribution in [0.4, 0.5) is 14.5 Å². The lowest BCUT2D eigenvalue weighted by atomic mass is 9.97. The molecule has 3 nitrogen and oxygen atoms in total. The maximum absolute atomic E-state index is 13.8. The lowest BCUT2D eigenvalue weighted by Gasteiger charge is -2.10. The second-order valence-electron chi connectivity index (χ2n) is 4.37. The molecule has 2 aromatic rings. The van der Waals surface area contributed by atoms with Gasteiger partial charge in [-0.3, -0.25) is 0 Å². The average molecular weight is 277 g/mol. The number of carbonyl (C=O) groups is 1. The van der Waals surface area contributed by atoms with Gasteiger partial charge in [0.2, 0.25) is 0 Å². The first kappa shape index (κ1) is 14.0. The first-order valence-corrected chi connectivity index (χ1v) is 5.88. The number of aryl methyl sites for hydroxylation is 1. The van der Waals surface area contributed by atoms with Gasteiger partial charge in [-0.15, -0.1) is 0 Å². The predicted molar refractivity (Wildman–Crippen MR) is 72.3 cm³/mol. The van der Waals surface area contributed by atoms with Gasteiger partial charge in [-0.2, -0.15) is 0 Å². The van der Waals surface area contributed by atoms with E-state index >= 15 is 0 Å². The molecule has 0 radical (unpaired) electrons. The Bertz CT molecular complexity index is 684. The highest BCUT2D eigenvalue weighted by molar-refractivity contribution is 5.90. The van der Waals surface area contributed by atoms with Crippen LogP contribution in [0.5, 0.6) is 0 Å². The monoisotopic (exact) mass is 277 g/mol. The second kappa shape index (κ2) is 5.28. The Hall–Kier alpha value is -2.43. The van der Waals surface area contributed by atoms with Gasteiger partial charge in [0.25, 0.3) is 0 Å². The summed E-state index contributed by atoms with van der Waals surface area (Å²) >= 11 is 0. The van der Waals surface area contributed by atoms with Gasteiger partial charge in [0, 0.05) is 11.6 Å². The molecule has 0 atom stereocenters. The fraction of sp³-hybridized carbons (Fsp3) is 0.133. The second-order valence-corrected chi connectivity index (χ2v) is 4.37. The highest BCUT2D eigenvalue weighted by Crippen LogP contribution is 2.30. The van der Waals surface area contributed by atoms with Crippen LogP contribution >= 0.6 is 0 Å². The third-order valence-electron chi connectivity index (χ3n) is 3.02. The molecule has 0 saturated heterocycles. The first-order chi connectivity index (χ1) is 9.43. The molecule has 0 aliphatic rings. The summed E-state index contributed by atoms with van der Waals surface area (Å²) in [6.45, 7) is 1.72. The Morgan fingerprint density at radius 3 is 2.40 bits per heavy atom. The predicted octanol–water partition coefficient (Wildman–Crippen LogP) is 3.31. The summed E-state index contributed by atoms with van der Waals surface area (Å²) in [6.07, 6.45) is 0. The van der Waals surface area contributed by atoms with Gasteiger partial charge >= 0.3 is 5.97 Å². The smallest absolute Gasteiger partial charge is 0.337 e. The van der Waals surface area contributed by atoms with Crippen LogP contribution in [0.1, 0.15) is 15.9 Å². The SMILES string of the molecule is COC(=O)c1ccc(-c2cc(N)c(F)cc2F)c(C)c1. The van der Waals surface area contributed by atoms with Crippen molar-refractivity contribution in [2.24, 2.45) is 0 Å². The van der Waals surface area contributed by atoms with Crippen molar-refractivity contribution in [3.63, 3.8) is 0 Å². The van der Waals surface area contributed by atoms with Crippen molar-refractivity contribution in [1.29, 1.82) is 0 Å². The van der Waals surface area contributed by atoms with Crippen molar-refractivity contribution < 1.29 is 18.3 Å². The van der Waals surface area contributed by atoms with Crippen molar-refractivity contribution in [2.75, 3.05) is 12.8 Å². The summed E-state index contributed by atoms with van der Waals surface area (Å²) in [4.78, 5) is 11.4. The number of rotatable bonds is 2. The van der Waals surface area contributed by atoms with Crippen LogP contribution in [0.15, 0.2) is 30.3 Å². The average Bonchev–Trinajstić information content (AvgIpc) is 2.42. The number of hydrogen-bond acceptors (Lipinski definition) is 3. The Balaban J connectivity index is 2.54. The summed E-state index contributed by atoms with van der Waals surface area (Å²) in [6, 6.07) is 6.67. The molecule has 20 heavy (non-hydrogen) atoms. The molecule has 0 spiro atoms. The summed E-state index contributed by atoms with van der Waals surface area (Å²) in [5.74, 6) is -1.97. The highest BCUT2D eigenvalue weighted by atomic mass is 19.1. The van der Waals surface area contributed by atoms with Crippen molar-refractivity contribution in [2.45, 2.75) is 6.92 Å². The van der Waals surface area contributed by atoms with E-state index in [1.165, 1.54) is 19.2 Å². The van der Waals surface area contributed by atoms with Crippen molar-refractivity contribution in [3.05, 3.63) is 53.1 Å². The van der Waals surface area contributed by atoms with E-state index in [1.54, 1.807) is 19.1 Å². The van der Waals surface area contributed by atoms with Crippen LogP contribution in [0, 0.1) is 18.6 Å². The summed E-state index contributed by atoms with van der Waals surface area (Å²) in [5.41, 5.74) is 7.10. The van der Waals surface area contributed by atoms with Crippen LogP contribution in [0.25, 0.3) is 11.1 Å². The highest BCUT2D eigenvalue weighted by Gasteiger charge is 2.14. The Labute approximate surface area is 115 Å². The lowest BCUT2D eigenvalue weighted by molar-refractivity contribution is 0.0600. The number of carbonyl (C=O) groups excluding carboxylic acids is 1. The molecule has 0 aromatic heterocycles. The first-order valence-electron chi connectivity index (χ1n) is 5.88. The molecule has 2 rings (SSSR count). The minimum atomic E-state index is -0.796. The van der Waals surface area contributed by atoms with Gasteiger partial charge in [-0.05, 0) is 36.2 Å². The zero-order valence-electron chi connectivity index (χ0n) is 11.0. The fourth-order valence-electron chi connectivity index (χ4n) is 1.98. The molecule has 2 N–H and O–H groups in total. The van der Waals surface area contributed by atoms with E-state index in [4.69, 9.17) is 5.73 Å². The number of halogens is 2. The van der Waals surface area contributed by atoms with Crippen molar-refractivity contribution in [1.82, 2.24) is 0 Å². The van der Waals surface area contributed by atoms with Crippen LogP contribution in [-0.4, -0.2) is 13.1 Å². The molecule has 0 aliphatic carbocycles. The number of anilines is 1.